The van der Waals surface area contributed by atoms with Crippen LogP contribution in [0.1, 0.15) is 41.4 Å². The van der Waals surface area contributed by atoms with Gasteiger partial charge >= 0.3 is 6.36 Å². The summed E-state index contributed by atoms with van der Waals surface area (Å²) in [6, 6.07) is 8.52. The molecule has 15 heteroatoms. The minimum Gasteiger partial charge on any atom is -0.406 e. The lowest BCUT2D eigenvalue weighted by molar-refractivity contribution is -0.274. The van der Waals surface area contributed by atoms with Crippen LogP contribution in [0.4, 0.5) is 30.6 Å². The standard InChI is InChI=1S/C26H28F3N7O4S/c1-16-11-20(8-10-36(16)24(37)17-7-9-30-23(12-17)34-41(2,38)39)35-14-18-13-31-25(33-22(18)15-35)32-19-3-5-21(6-4-19)40-26(27,28)29/h3-7,9,12-13,16,20H,8,10-11,14-15H2,1-2H3,(H,30,34)(H,31,32,33)/t16-,20-/m1/s1. The zero-order chi connectivity index (χ0) is 29.4. The topological polar surface area (TPSA) is 130 Å². The Labute approximate surface area is 234 Å². The number of nitrogens with zero attached hydrogens (tertiary/aromatic N) is 5. The molecular weight excluding hydrogens is 563 g/mol. The fourth-order valence-corrected chi connectivity index (χ4v) is 5.61. The Bertz CT molecular complexity index is 1540. The first-order valence-corrected chi connectivity index (χ1v) is 14.7. The molecular formula is C26H28F3N7O4S. The summed E-state index contributed by atoms with van der Waals surface area (Å²) in [4.78, 5) is 30.3. The first-order chi connectivity index (χ1) is 19.3. The number of carbonyl (C=O) groups is 1. The van der Waals surface area contributed by atoms with Gasteiger partial charge in [0, 0.05) is 60.9 Å². The van der Waals surface area contributed by atoms with Crippen LogP contribution in [0, 0.1) is 0 Å². The Balaban J connectivity index is 1.18. The third kappa shape index (κ3) is 7.21. The van der Waals surface area contributed by atoms with Crippen LogP contribution in [-0.4, -0.2) is 70.3 Å². The van der Waals surface area contributed by atoms with E-state index in [-0.39, 0.29) is 29.6 Å². The van der Waals surface area contributed by atoms with Gasteiger partial charge in [0.05, 0.1) is 11.9 Å². The third-order valence-electron chi connectivity index (χ3n) is 6.95. The van der Waals surface area contributed by atoms with E-state index in [9.17, 15) is 26.4 Å². The maximum absolute atomic E-state index is 13.2. The van der Waals surface area contributed by atoms with Gasteiger partial charge in [-0.05, 0) is 56.2 Å². The van der Waals surface area contributed by atoms with Crippen LogP contribution in [0.5, 0.6) is 5.75 Å². The van der Waals surface area contributed by atoms with Crippen molar-refractivity contribution in [2.75, 3.05) is 22.8 Å². The lowest BCUT2D eigenvalue weighted by Crippen LogP contribution is -2.50. The number of aromatic nitrogens is 3. The molecule has 2 aliphatic heterocycles. The van der Waals surface area contributed by atoms with Crippen molar-refractivity contribution < 1.29 is 31.1 Å². The Morgan fingerprint density at radius 3 is 2.56 bits per heavy atom. The lowest BCUT2D eigenvalue weighted by atomic mass is 9.96. The monoisotopic (exact) mass is 591 g/mol. The molecule has 218 valence electrons. The predicted octanol–water partition coefficient (Wildman–Crippen LogP) is 3.89. The number of halogens is 3. The van der Waals surface area contributed by atoms with Crippen molar-refractivity contribution in [3.8, 4) is 5.75 Å². The minimum absolute atomic E-state index is 0.0444. The maximum atomic E-state index is 13.2. The number of ether oxygens (including phenoxy) is 1. The Morgan fingerprint density at radius 1 is 1.12 bits per heavy atom. The average molecular weight is 592 g/mol. The molecule has 0 spiro atoms. The Kier molecular flexibility index (Phi) is 7.74. The highest BCUT2D eigenvalue weighted by molar-refractivity contribution is 7.92. The number of amides is 1. The number of piperidine rings is 1. The van der Waals surface area contributed by atoms with E-state index in [1.54, 1.807) is 17.2 Å². The van der Waals surface area contributed by atoms with Gasteiger partial charge in [0.1, 0.15) is 11.6 Å². The summed E-state index contributed by atoms with van der Waals surface area (Å²) in [6.07, 6.45) is 0.935. The highest BCUT2D eigenvalue weighted by Crippen LogP contribution is 2.31. The third-order valence-corrected chi connectivity index (χ3v) is 7.53. The van der Waals surface area contributed by atoms with E-state index in [2.05, 4.69) is 34.6 Å². The van der Waals surface area contributed by atoms with Gasteiger partial charge in [-0.1, -0.05) is 0 Å². The van der Waals surface area contributed by atoms with Gasteiger partial charge in [0.2, 0.25) is 16.0 Å². The SMILES string of the molecule is C[C@@H]1C[C@H](N2Cc3cnc(Nc4ccc(OC(F)(F)F)cc4)nc3C2)CCN1C(=O)c1ccnc(NS(C)(=O)=O)c1. The molecule has 0 unspecified atom stereocenters. The van der Waals surface area contributed by atoms with Crippen LogP contribution in [0.25, 0.3) is 0 Å². The van der Waals surface area contributed by atoms with E-state index in [1.165, 1.54) is 36.5 Å². The van der Waals surface area contributed by atoms with Gasteiger partial charge in [-0.25, -0.2) is 23.4 Å². The van der Waals surface area contributed by atoms with Crippen LogP contribution in [-0.2, 0) is 23.1 Å². The first kappa shape index (κ1) is 28.5. The number of carbonyl (C=O) groups excluding carboxylic acids is 1. The van der Waals surface area contributed by atoms with Crippen LogP contribution in [0.3, 0.4) is 0 Å². The molecule has 1 amide bonds. The second-order valence-corrected chi connectivity index (χ2v) is 11.8. The van der Waals surface area contributed by atoms with Crippen molar-refractivity contribution in [1.82, 2.24) is 24.8 Å². The molecule has 3 aromatic rings. The van der Waals surface area contributed by atoms with Gasteiger partial charge in [-0.15, -0.1) is 13.2 Å². The van der Waals surface area contributed by atoms with Gasteiger partial charge in [-0.2, -0.15) is 0 Å². The molecule has 1 aromatic carbocycles. The van der Waals surface area contributed by atoms with Crippen molar-refractivity contribution in [3.63, 3.8) is 0 Å². The number of fused-ring (bicyclic) bond motifs is 1. The molecule has 2 N–H and O–H groups in total. The number of sulfonamides is 1. The summed E-state index contributed by atoms with van der Waals surface area (Å²) >= 11 is 0. The zero-order valence-electron chi connectivity index (χ0n) is 22.2. The number of hydrogen-bond donors (Lipinski definition) is 2. The number of alkyl halides is 3. The first-order valence-electron chi connectivity index (χ1n) is 12.8. The van der Waals surface area contributed by atoms with Crippen molar-refractivity contribution >= 4 is 33.4 Å². The highest BCUT2D eigenvalue weighted by Gasteiger charge is 2.35. The smallest absolute Gasteiger partial charge is 0.406 e. The fraction of sp³-hybridized carbons (Fsp3) is 0.385. The van der Waals surface area contributed by atoms with Gasteiger partial charge < -0.3 is 15.0 Å². The van der Waals surface area contributed by atoms with Crippen molar-refractivity contribution in [2.45, 2.75) is 51.3 Å². The summed E-state index contributed by atoms with van der Waals surface area (Å²) in [5.41, 5.74) is 2.75. The second kappa shape index (κ2) is 11.1. The van der Waals surface area contributed by atoms with E-state index in [0.717, 1.165) is 30.4 Å². The molecule has 5 rings (SSSR count). The summed E-state index contributed by atoms with van der Waals surface area (Å²) in [5.74, 6) is -0.0617. The minimum atomic E-state index is -4.75. The predicted molar refractivity (Wildman–Crippen MR) is 144 cm³/mol. The quantitative estimate of drug-likeness (QED) is 0.420. The number of hydrogen-bond acceptors (Lipinski definition) is 9. The Hall–Kier alpha value is -3.98. The van der Waals surface area contributed by atoms with E-state index in [1.807, 2.05) is 6.92 Å². The number of nitrogens with one attached hydrogen (secondary N) is 2. The fourth-order valence-electron chi connectivity index (χ4n) is 5.12. The average Bonchev–Trinajstić information content (AvgIpc) is 3.31. The molecule has 0 aliphatic carbocycles. The molecule has 41 heavy (non-hydrogen) atoms. The Morgan fingerprint density at radius 2 is 1.88 bits per heavy atom. The number of likely N-dealkylation sites (tertiary alicyclic amines) is 1. The molecule has 1 saturated heterocycles. The molecule has 0 saturated carbocycles. The number of rotatable bonds is 7. The molecule has 2 aromatic heterocycles. The van der Waals surface area contributed by atoms with Crippen LogP contribution >= 0.6 is 0 Å². The zero-order valence-corrected chi connectivity index (χ0v) is 23.0. The maximum Gasteiger partial charge on any atom is 0.573 e. The highest BCUT2D eigenvalue weighted by atomic mass is 32.2. The van der Waals surface area contributed by atoms with Crippen LogP contribution in [0.2, 0.25) is 0 Å². The van der Waals surface area contributed by atoms with E-state index in [0.29, 0.717) is 36.8 Å². The molecule has 2 aliphatic rings. The van der Waals surface area contributed by atoms with Crippen molar-refractivity contribution in [2.24, 2.45) is 0 Å². The van der Waals surface area contributed by atoms with E-state index >= 15 is 0 Å². The molecule has 2 atom stereocenters. The molecule has 0 bridgehead atoms. The van der Waals surface area contributed by atoms with Crippen molar-refractivity contribution in [1.29, 1.82) is 0 Å². The van der Waals surface area contributed by atoms with E-state index in [4.69, 9.17) is 0 Å². The van der Waals surface area contributed by atoms with Crippen molar-refractivity contribution in [3.05, 3.63) is 65.6 Å². The number of pyridine rings is 1. The van der Waals surface area contributed by atoms with Crippen LogP contribution < -0.4 is 14.8 Å². The number of anilines is 3. The normalized spacial score (nSPS) is 19.5. The van der Waals surface area contributed by atoms with Gasteiger partial charge in [-0.3, -0.25) is 14.4 Å². The van der Waals surface area contributed by atoms with Gasteiger partial charge in [0.15, 0.2) is 0 Å². The lowest BCUT2D eigenvalue weighted by Gasteiger charge is -2.41. The summed E-state index contributed by atoms with van der Waals surface area (Å²) in [5, 5.41) is 3.01. The molecule has 1 fully saturated rings. The van der Waals surface area contributed by atoms with Crippen LogP contribution in [0.15, 0.2) is 48.8 Å². The summed E-state index contributed by atoms with van der Waals surface area (Å²) < 4.78 is 66.4. The number of benzene rings is 1. The largest absolute Gasteiger partial charge is 0.573 e. The molecule has 4 heterocycles. The summed E-state index contributed by atoms with van der Waals surface area (Å²) in [7, 11) is -3.52. The molecule has 11 nitrogen and oxygen atoms in total. The van der Waals surface area contributed by atoms with E-state index < -0.39 is 16.4 Å². The summed E-state index contributed by atoms with van der Waals surface area (Å²) in [6.45, 7) is 3.83. The molecule has 0 radical (unpaired) electrons. The second-order valence-electron chi connectivity index (χ2n) is 10.1. The van der Waals surface area contributed by atoms with Gasteiger partial charge in [0.25, 0.3) is 5.91 Å².